The van der Waals surface area contributed by atoms with Gasteiger partial charge < -0.3 is 10.5 Å². The third kappa shape index (κ3) is 2.05. The summed E-state index contributed by atoms with van der Waals surface area (Å²) < 4.78 is 6.14. The van der Waals surface area contributed by atoms with Crippen LogP contribution in [0.25, 0.3) is 0 Å². The normalized spacial score (nSPS) is 33.5. The van der Waals surface area contributed by atoms with Gasteiger partial charge in [0.05, 0.1) is 11.7 Å². The van der Waals surface area contributed by atoms with Gasteiger partial charge in [0.15, 0.2) is 0 Å². The zero-order valence-electron chi connectivity index (χ0n) is 8.43. The first-order valence-electron chi connectivity index (χ1n) is 5.73. The SMILES string of the molecule is NCC1CCCC2(CCCCC2)O1. The molecule has 2 heteroatoms. The summed E-state index contributed by atoms with van der Waals surface area (Å²) in [6.07, 6.45) is 10.8. The Morgan fingerprint density at radius 1 is 1.08 bits per heavy atom. The zero-order valence-corrected chi connectivity index (χ0v) is 8.43. The highest BCUT2D eigenvalue weighted by molar-refractivity contribution is 4.89. The van der Waals surface area contributed by atoms with Crippen LogP contribution in [0.1, 0.15) is 51.4 Å². The van der Waals surface area contributed by atoms with E-state index < -0.39 is 0 Å². The topological polar surface area (TPSA) is 35.2 Å². The van der Waals surface area contributed by atoms with Crippen LogP contribution in [-0.4, -0.2) is 18.2 Å². The average Bonchev–Trinajstić information content (AvgIpc) is 2.19. The molecule has 1 atom stereocenters. The van der Waals surface area contributed by atoms with E-state index in [4.69, 9.17) is 10.5 Å². The van der Waals surface area contributed by atoms with Crippen LogP contribution in [0.2, 0.25) is 0 Å². The van der Waals surface area contributed by atoms with Crippen LogP contribution in [0.3, 0.4) is 0 Å². The van der Waals surface area contributed by atoms with Gasteiger partial charge in [0.2, 0.25) is 0 Å². The smallest absolute Gasteiger partial charge is 0.0704 e. The van der Waals surface area contributed by atoms with E-state index >= 15 is 0 Å². The first-order chi connectivity index (χ1) is 6.35. The average molecular weight is 183 g/mol. The summed E-state index contributed by atoms with van der Waals surface area (Å²) >= 11 is 0. The molecule has 1 aliphatic heterocycles. The molecule has 1 spiro atoms. The molecule has 2 N–H and O–H groups in total. The fourth-order valence-electron chi connectivity index (χ4n) is 2.85. The third-order valence-electron chi connectivity index (χ3n) is 3.60. The van der Waals surface area contributed by atoms with Gasteiger partial charge in [-0.1, -0.05) is 19.3 Å². The molecule has 1 unspecified atom stereocenters. The molecule has 1 aliphatic carbocycles. The van der Waals surface area contributed by atoms with Gasteiger partial charge in [-0.25, -0.2) is 0 Å². The number of nitrogens with two attached hydrogens (primary N) is 1. The molecule has 2 fully saturated rings. The van der Waals surface area contributed by atoms with Gasteiger partial charge in [-0.15, -0.1) is 0 Å². The second-order valence-electron chi connectivity index (χ2n) is 4.61. The van der Waals surface area contributed by atoms with Crippen molar-refractivity contribution in [2.45, 2.75) is 63.1 Å². The monoisotopic (exact) mass is 183 g/mol. The fourth-order valence-corrected chi connectivity index (χ4v) is 2.85. The largest absolute Gasteiger partial charge is 0.370 e. The highest BCUT2D eigenvalue weighted by Gasteiger charge is 2.37. The first-order valence-corrected chi connectivity index (χ1v) is 5.73. The second-order valence-corrected chi connectivity index (χ2v) is 4.61. The van der Waals surface area contributed by atoms with Crippen molar-refractivity contribution in [2.24, 2.45) is 5.73 Å². The Bertz CT molecular complexity index is 158. The van der Waals surface area contributed by atoms with E-state index in [1.165, 1.54) is 51.4 Å². The van der Waals surface area contributed by atoms with Crippen molar-refractivity contribution in [3.63, 3.8) is 0 Å². The molecule has 0 aromatic rings. The maximum Gasteiger partial charge on any atom is 0.0704 e. The Balaban J connectivity index is 1.95. The highest BCUT2D eigenvalue weighted by Crippen LogP contribution is 2.40. The van der Waals surface area contributed by atoms with Crippen molar-refractivity contribution in [2.75, 3.05) is 6.54 Å². The molecule has 2 aliphatic rings. The van der Waals surface area contributed by atoms with Crippen LogP contribution >= 0.6 is 0 Å². The van der Waals surface area contributed by atoms with Crippen molar-refractivity contribution in [1.29, 1.82) is 0 Å². The molecule has 2 rings (SSSR count). The summed E-state index contributed by atoms with van der Waals surface area (Å²) in [5.74, 6) is 0. The minimum atomic E-state index is 0.251. The molecule has 13 heavy (non-hydrogen) atoms. The molecular weight excluding hydrogens is 162 g/mol. The van der Waals surface area contributed by atoms with Crippen molar-refractivity contribution >= 4 is 0 Å². The predicted molar refractivity (Wildman–Crippen MR) is 53.6 cm³/mol. The molecule has 76 valence electrons. The second kappa shape index (κ2) is 3.97. The van der Waals surface area contributed by atoms with Gasteiger partial charge in [-0.05, 0) is 32.1 Å². The molecule has 0 bridgehead atoms. The maximum absolute atomic E-state index is 6.14. The van der Waals surface area contributed by atoms with Crippen LogP contribution in [0, 0.1) is 0 Å². The van der Waals surface area contributed by atoms with E-state index in [-0.39, 0.29) is 5.60 Å². The van der Waals surface area contributed by atoms with E-state index in [1.807, 2.05) is 0 Å². The minimum absolute atomic E-state index is 0.251. The molecular formula is C11H21NO. The van der Waals surface area contributed by atoms with Gasteiger partial charge in [-0.3, -0.25) is 0 Å². The Kier molecular flexibility index (Phi) is 2.89. The lowest BCUT2D eigenvalue weighted by Gasteiger charge is -2.43. The van der Waals surface area contributed by atoms with Crippen LogP contribution in [0.5, 0.6) is 0 Å². The maximum atomic E-state index is 6.14. The van der Waals surface area contributed by atoms with Crippen LogP contribution in [0.15, 0.2) is 0 Å². The molecule has 1 saturated heterocycles. The van der Waals surface area contributed by atoms with Crippen molar-refractivity contribution in [1.82, 2.24) is 0 Å². The van der Waals surface area contributed by atoms with Crippen molar-refractivity contribution < 1.29 is 4.74 Å². The molecule has 1 saturated carbocycles. The predicted octanol–water partition coefficient (Wildman–Crippen LogP) is 2.22. The summed E-state index contributed by atoms with van der Waals surface area (Å²) in [5.41, 5.74) is 5.92. The summed E-state index contributed by atoms with van der Waals surface area (Å²) in [5, 5.41) is 0. The fraction of sp³-hybridized carbons (Fsp3) is 1.00. The molecule has 0 radical (unpaired) electrons. The van der Waals surface area contributed by atoms with Gasteiger partial charge in [0, 0.05) is 6.54 Å². The number of rotatable bonds is 1. The lowest BCUT2D eigenvalue weighted by Crippen LogP contribution is -2.44. The zero-order chi connectivity index (χ0) is 9.15. The highest BCUT2D eigenvalue weighted by atomic mass is 16.5. The van der Waals surface area contributed by atoms with Gasteiger partial charge >= 0.3 is 0 Å². The molecule has 2 nitrogen and oxygen atoms in total. The van der Waals surface area contributed by atoms with Gasteiger partial charge in [0.1, 0.15) is 0 Å². The van der Waals surface area contributed by atoms with E-state index in [1.54, 1.807) is 0 Å². The van der Waals surface area contributed by atoms with Crippen LogP contribution in [-0.2, 0) is 4.74 Å². The minimum Gasteiger partial charge on any atom is -0.370 e. The molecule has 1 heterocycles. The van der Waals surface area contributed by atoms with E-state index in [0.717, 1.165) is 0 Å². The van der Waals surface area contributed by atoms with E-state index in [0.29, 0.717) is 12.6 Å². The Morgan fingerprint density at radius 3 is 2.46 bits per heavy atom. The summed E-state index contributed by atoms with van der Waals surface area (Å²) in [4.78, 5) is 0. The number of hydrogen-bond donors (Lipinski definition) is 1. The number of hydrogen-bond acceptors (Lipinski definition) is 2. The van der Waals surface area contributed by atoms with Gasteiger partial charge in [-0.2, -0.15) is 0 Å². The lowest BCUT2D eigenvalue weighted by molar-refractivity contribution is -0.141. The number of ether oxygens (including phenoxy) is 1. The lowest BCUT2D eigenvalue weighted by atomic mass is 9.79. The van der Waals surface area contributed by atoms with Gasteiger partial charge in [0.25, 0.3) is 0 Å². The molecule has 0 aromatic heterocycles. The quantitative estimate of drug-likeness (QED) is 0.676. The Morgan fingerprint density at radius 2 is 1.77 bits per heavy atom. The standard InChI is InChI=1S/C11H21NO/c12-9-10-5-4-8-11(13-10)6-2-1-3-7-11/h10H,1-9,12H2. The third-order valence-corrected chi connectivity index (χ3v) is 3.60. The summed E-state index contributed by atoms with van der Waals surface area (Å²) in [6, 6.07) is 0. The van der Waals surface area contributed by atoms with E-state index in [2.05, 4.69) is 0 Å². The van der Waals surface area contributed by atoms with Crippen LogP contribution < -0.4 is 5.73 Å². The van der Waals surface area contributed by atoms with Crippen LogP contribution in [0.4, 0.5) is 0 Å². The van der Waals surface area contributed by atoms with E-state index in [9.17, 15) is 0 Å². The Hall–Kier alpha value is -0.0800. The summed E-state index contributed by atoms with van der Waals surface area (Å²) in [6.45, 7) is 0.710. The molecule has 0 aromatic carbocycles. The first kappa shape index (κ1) is 9.47. The van der Waals surface area contributed by atoms with Crippen molar-refractivity contribution in [3.8, 4) is 0 Å². The summed E-state index contributed by atoms with van der Waals surface area (Å²) in [7, 11) is 0. The Labute approximate surface area is 80.8 Å². The molecule has 0 amide bonds. The van der Waals surface area contributed by atoms with Crippen molar-refractivity contribution in [3.05, 3.63) is 0 Å².